The Balaban J connectivity index is 1.64. The topological polar surface area (TPSA) is 117 Å². The maximum absolute atomic E-state index is 11.9. The van der Waals surface area contributed by atoms with Crippen molar-refractivity contribution in [2.24, 2.45) is 11.8 Å². The number of nitrogens with zero attached hydrogens (tertiary/aromatic N) is 2. The van der Waals surface area contributed by atoms with Gasteiger partial charge in [-0.25, -0.2) is 4.68 Å². The molecule has 8 nitrogen and oxygen atoms in total. The summed E-state index contributed by atoms with van der Waals surface area (Å²) in [5.74, 6) is 5.84. The summed E-state index contributed by atoms with van der Waals surface area (Å²) in [6, 6.07) is 21.4. The molecule has 0 atom stereocenters. The molecule has 3 aromatic carbocycles. The minimum Gasteiger partial charge on any atom is -0.504 e. The van der Waals surface area contributed by atoms with E-state index in [1.54, 1.807) is 28.9 Å². The molecule has 0 aliphatic heterocycles. The van der Waals surface area contributed by atoms with Gasteiger partial charge in [-0.15, -0.1) is 0 Å². The third-order valence-corrected chi connectivity index (χ3v) is 6.75. The second-order valence-electron chi connectivity index (χ2n) is 9.03. The maximum atomic E-state index is 11.9. The van der Waals surface area contributed by atoms with Crippen LogP contribution in [0.5, 0.6) is 11.5 Å². The molecule has 1 aromatic heterocycles. The van der Waals surface area contributed by atoms with Crippen LogP contribution >= 0.6 is 0 Å². The average molecular weight is 508 g/mol. The van der Waals surface area contributed by atoms with Gasteiger partial charge in [0.25, 0.3) is 0 Å². The van der Waals surface area contributed by atoms with Crippen molar-refractivity contribution in [3.05, 3.63) is 89.6 Å². The lowest BCUT2D eigenvalue weighted by atomic mass is 10.0. The van der Waals surface area contributed by atoms with Crippen LogP contribution < -0.4 is 10.6 Å². The van der Waals surface area contributed by atoms with E-state index in [2.05, 4.69) is 18.1 Å². The van der Waals surface area contributed by atoms with Crippen molar-refractivity contribution in [3.63, 3.8) is 0 Å². The fourth-order valence-corrected chi connectivity index (χ4v) is 4.45. The van der Waals surface area contributed by atoms with Crippen LogP contribution in [0.25, 0.3) is 16.9 Å². The summed E-state index contributed by atoms with van der Waals surface area (Å²) in [7, 11) is -4.01. The molecule has 0 unspecified atom stereocenters. The van der Waals surface area contributed by atoms with Gasteiger partial charge in [-0.1, -0.05) is 49.7 Å². The molecule has 0 bridgehead atoms. The molecule has 9 heteroatoms. The lowest BCUT2D eigenvalue weighted by Crippen LogP contribution is -2.11. The van der Waals surface area contributed by atoms with Crippen LogP contribution in [-0.2, 0) is 27.4 Å². The number of aromatic hydroxyl groups is 1. The van der Waals surface area contributed by atoms with Crippen molar-refractivity contribution < 1.29 is 22.5 Å². The third kappa shape index (κ3) is 5.76. The van der Waals surface area contributed by atoms with Crippen LogP contribution in [0.3, 0.4) is 0 Å². The molecule has 188 valence electrons. The molecule has 4 aromatic rings. The normalized spacial score (nSPS) is 11.7. The molecule has 4 rings (SSSR count). The van der Waals surface area contributed by atoms with E-state index in [4.69, 9.17) is 15.7 Å². The third-order valence-electron chi connectivity index (χ3n) is 5.65. The minimum atomic E-state index is -4.01. The van der Waals surface area contributed by atoms with Crippen LogP contribution in [0.4, 0.5) is 0 Å². The van der Waals surface area contributed by atoms with Crippen molar-refractivity contribution in [2.45, 2.75) is 38.7 Å². The molecule has 0 saturated heterocycles. The van der Waals surface area contributed by atoms with Gasteiger partial charge in [0, 0.05) is 5.56 Å². The van der Waals surface area contributed by atoms with E-state index < -0.39 is 10.1 Å². The van der Waals surface area contributed by atoms with Gasteiger partial charge in [0.05, 0.1) is 16.3 Å². The Morgan fingerprint density at radius 2 is 1.69 bits per heavy atom. The second kappa shape index (κ2) is 10.5. The predicted molar refractivity (Wildman–Crippen MR) is 137 cm³/mol. The fourth-order valence-electron chi connectivity index (χ4n) is 3.87. The first-order valence-electron chi connectivity index (χ1n) is 11.5. The number of rotatable bonds is 9. The van der Waals surface area contributed by atoms with E-state index in [0.717, 1.165) is 28.8 Å². The number of ether oxygens (including phenoxy) is 1. The van der Waals surface area contributed by atoms with Gasteiger partial charge >= 0.3 is 10.1 Å². The molecule has 0 amide bonds. The van der Waals surface area contributed by atoms with Crippen molar-refractivity contribution >= 4 is 10.1 Å². The highest BCUT2D eigenvalue weighted by atomic mass is 32.2. The van der Waals surface area contributed by atoms with Crippen LogP contribution in [0.2, 0.25) is 0 Å². The molecule has 0 spiro atoms. The van der Waals surface area contributed by atoms with Crippen molar-refractivity contribution in [1.29, 1.82) is 0 Å². The number of phenols is 1. The molecular weight excluding hydrogens is 478 g/mol. The SMILES string of the molecule is Cc1ccc(-c2cc(COc3ccc(CC(C)C)cc3O)nn2-c2ccc(S(=O)(=O)ON)cc2)cc1. The molecule has 0 fully saturated rings. The quantitative estimate of drug-likeness (QED) is 0.309. The van der Waals surface area contributed by atoms with Crippen LogP contribution in [-0.4, -0.2) is 23.3 Å². The van der Waals surface area contributed by atoms with E-state index in [0.29, 0.717) is 23.0 Å². The number of nitrogens with two attached hydrogens (primary N) is 1. The summed E-state index contributed by atoms with van der Waals surface area (Å²) in [6.07, 6.45) is 0.871. The molecule has 36 heavy (non-hydrogen) atoms. The lowest BCUT2D eigenvalue weighted by Gasteiger charge is -2.10. The smallest absolute Gasteiger partial charge is 0.312 e. The second-order valence-corrected chi connectivity index (χ2v) is 10.6. The first-order valence-corrected chi connectivity index (χ1v) is 12.9. The zero-order chi connectivity index (χ0) is 25.9. The summed E-state index contributed by atoms with van der Waals surface area (Å²) in [6.45, 7) is 6.40. The van der Waals surface area contributed by atoms with Crippen LogP contribution in [0.15, 0.2) is 77.7 Å². The van der Waals surface area contributed by atoms with Gasteiger partial charge in [-0.05, 0) is 67.3 Å². The summed E-state index contributed by atoms with van der Waals surface area (Å²) in [5.41, 5.74) is 5.19. The highest BCUT2D eigenvalue weighted by Crippen LogP contribution is 2.30. The van der Waals surface area contributed by atoms with E-state index in [1.807, 2.05) is 43.3 Å². The van der Waals surface area contributed by atoms with E-state index >= 15 is 0 Å². The Bertz CT molecular complexity index is 1440. The van der Waals surface area contributed by atoms with Crippen molar-refractivity contribution in [2.75, 3.05) is 0 Å². The number of aryl methyl sites for hydroxylation is 1. The molecular formula is C27H29N3O5S. The molecule has 1 heterocycles. The largest absolute Gasteiger partial charge is 0.504 e. The Labute approximate surface area is 211 Å². The summed E-state index contributed by atoms with van der Waals surface area (Å²) in [4.78, 5) is -0.0577. The number of phenolic OH excluding ortho intramolecular Hbond substituents is 1. The van der Waals surface area contributed by atoms with Gasteiger partial charge in [-0.2, -0.15) is 23.7 Å². The summed E-state index contributed by atoms with van der Waals surface area (Å²) < 4.78 is 35.5. The number of hydrogen-bond donors (Lipinski definition) is 2. The van der Waals surface area contributed by atoms with E-state index in [-0.39, 0.29) is 17.3 Å². The molecule has 0 aliphatic carbocycles. The predicted octanol–water partition coefficient (Wildman–Crippen LogP) is 4.91. The Hall–Kier alpha value is -3.66. The first kappa shape index (κ1) is 25.4. The van der Waals surface area contributed by atoms with Gasteiger partial charge < -0.3 is 9.84 Å². The number of hydrogen-bond acceptors (Lipinski definition) is 7. The van der Waals surface area contributed by atoms with Crippen molar-refractivity contribution in [1.82, 2.24) is 9.78 Å². The minimum absolute atomic E-state index is 0.0577. The Kier molecular flexibility index (Phi) is 7.44. The summed E-state index contributed by atoms with van der Waals surface area (Å²) in [5, 5.41) is 15.1. The summed E-state index contributed by atoms with van der Waals surface area (Å²) >= 11 is 0. The van der Waals surface area contributed by atoms with Crippen LogP contribution in [0, 0.1) is 12.8 Å². The molecule has 3 N–H and O–H groups in total. The molecule has 0 radical (unpaired) electrons. The van der Waals surface area contributed by atoms with Crippen molar-refractivity contribution in [3.8, 4) is 28.4 Å². The van der Waals surface area contributed by atoms with Crippen LogP contribution in [0.1, 0.15) is 30.7 Å². The van der Waals surface area contributed by atoms with Gasteiger partial charge in [-0.3, -0.25) is 0 Å². The molecule has 0 saturated carbocycles. The average Bonchev–Trinajstić information content (AvgIpc) is 3.28. The number of benzene rings is 3. The zero-order valence-electron chi connectivity index (χ0n) is 20.4. The maximum Gasteiger partial charge on any atom is 0.312 e. The fraction of sp³-hybridized carbons (Fsp3) is 0.222. The van der Waals surface area contributed by atoms with Gasteiger partial charge in [0.15, 0.2) is 11.5 Å². The highest BCUT2D eigenvalue weighted by molar-refractivity contribution is 7.86. The first-order chi connectivity index (χ1) is 17.2. The standard InChI is InChI=1S/C27H29N3O5S/c1-18(2)14-20-6-13-27(26(31)15-20)34-17-22-16-25(21-7-4-19(3)5-8-21)30(29-22)23-9-11-24(12-10-23)36(32,33)35-28/h4-13,15-16,18,31H,14,17,28H2,1-3H3. The Morgan fingerprint density at radius 3 is 2.31 bits per heavy atom. The van der Waals surface area contributed by atoms with E-state index in [1.165, 1.54) is 12.1 Å². The monoisotopic (exact) mass is 507 g/mol. The Morgan fingerprint density at radius 1 is 1.00 bits per heavy atom. The molecule has 0 aliphatic rings. The van der Waals surface area contributed by atoms with E-state index in [9.17, 15) is 13.5 Å². The number of aromatic nitrogens is 2. The van der Waals surface area contributed by atoms with Gasteiger partial charge in [0.2, 0.25) is 0 Å². The van der Waals surface area contributed by atoms with Gasteiger partial charge in [0.1, 0.15) is 12.3 Å². The lowest BCUT2D eigenvalue weighted by molar-refractivity contribution is 0.284. The highest BCUT2D eigenvalue weighted by Gasteiger charge is 2.17. The zero-order valence-corrected chi connectivity index (χ0v) is 21.2.